The first kappa shape index (κ1) is 15.1. The molecule has 5 heteroatoms. The fourth-order valence-electron chi connectivity index (χ4n) is 2.02. The van der Waals surface area contributed by atoms with Gasteiger partial charge in [-0.1, -0.05) is 54.1 Å². The Morgan fingerprint density at radius 1 is 1.00 bits per heavy atom. The largest absolute Gasteiger partial charge is 0.327 e. The third kappa shape index (κ3) is 4.33. The number of carbonyl (C=O) groups is 2. The van der Waals surface area contributed by atoms with Gasteiger partial charge in [0.2, 0.25) is 5.91 Å². The molecule has 0 saturated heterocycles. The summed E-state index contributed by atoms with van der Waals surface area (Å²) < 4.78 is 0. The highest BCUT2D eigenvalue weighted by Gasteiger charge is 2.17. The zero-order valence-corrected chi connectivity index (χ0v) is 12.2. The van der Waals surface area contributed by atoms with Crippen LogP contribution in [-0.4, -0.2) is 11.9 Å². The minimum atomic E-state index is -0.545. The van der Waals surface area contributed by atoms with Crippen molar-refractivity contribution in [1.29, 1.82) is 0 Å². The number of hydrogen-bond donors (Lipinski definition) is 2. The lowest BCUT2D eigenvalue weighted by atomic mass is 9.99. The number of amides is 3. The van der Waals surface area contributed by atoms with E-state index < -0.39 is 11.9 Å². The summed E-state index contributed by atoms with van der Waals surface area (Å²) in [6.07, 6.45) is 0. The first-order chi connectivity index (χ1) is 10.1. The highest BCUT2D eigenvalue weighted by atomic mass is 35.5. The fraction of sp³-hybridized carbons (Fsp3) is 0.125. The second-order valence-electron chi connectivity index (χ2n) is 4.55. The lowest BCUT2D eigenvalue weighted by molar-refractivity contribution is -0.117. The van der Waals surface area contributed by atoms with Gasteiger partial charge in [-0.25, -0.2) is 4.79 Å². The Labute approximate surface area is 128 Å². The van der Waals surface area contributed by atoms with Crippen molar-refractivity contribution in [3.63, 3.8) is 0 Å². The number of hydrogen-bond acceptors (Lipinski definition) is 2. The van der Waals surface area contributed by atoms with Gasteiger partial charge in [-0.05, 0) is 23.3 Å². The van der Waals surface area contributed by atoms with Crippen LogP contribution >= 0.6 is 11.6 Å². The molecule has 2 aromatic rings. The fourth-order valence-corrected chi connectivity index (χ4v) is 2.22. The van der Waals surface area contributed by atoms with E-state index in [9.17, 15) is 9.59 Å². The standard InChI is InChI=1S/C16H15ClN2O2/c1-11(20)18-16(21)19-15(12-6-3-2-4-7-12)13-8-5-9-14(17)10-13/h2-10,15H,1H3,(H2,18,19,20,21). The third-order valence-electron chi connectivity index (χ3n) is 2.88. The molecular weight excluding hydrogens is 288 g/mol. The topological polar surface area (TPSA) is 58.2 Å². The van der Waals surface area contributed by atoms with Crippen molar-refractivity contribution in [3.05, 3.63) is 70.7 Å². The van der Waals surface area contributed by atoms with Crippen LogP contribution in [0.2, 0.25) is 5.02 Å². The van der Waals surface area contributed by atoms with Gasteiger partial charge in [0.1, 0.15) is 0 Å². The number of rotatable bonds is 3. The van der Waals surface area contributed by atoms with E-state index in [1.807, 2.05) is 42.5 Å². The van der Waals surface area contributed by atoms with Crippen LogP contribution in [0.25, 0.3) is 0 Å². The maximum Gasteiger partial charge on any atom is 0.322 e. The van der Waals surface area contributed by atoms with Crippen molar-refractivity contribution >= 4 is 23.5 Å². The molecule has 0 bridgehead atoms. The Balaban J connectivity index is 2.31. The minimum Gasteiger partial charge on any atom is -0.327 e. The van der Waals surface area contributed by atoms with E-state index in [0.717, 1.165) is 11.1 Å². The van der Waals surface area contributed by atoms with Crippen molar-refractivity contribution in [1.82, 2.24) is 10.6 Å². The highest BCUT2D eigenvalue weighted by Crippen LogP contribution is 2.24. The van der Waals surface area contributed by atoms with Crippen molar-refractivity contribution in [2.45, 2.75) is 13.0 Å². The molecule has 2 rings (SSSR count). The Morgan fingerprint density at radius 2 is 1.67 bits per heavy atom. The molecule has 2 N–H and O–H groups in total. The minimum absolute atomic E-state index is 0.385. The molecule has 0 radical (unpaired) electrons. The summed E-state index contributed by atoms with van der Waals surface area (Å²) in [5, 5.41) is 5.57. The lowest BCUT2D eigenvalue weighted by Gasteiger charge is -2.20. The predicted octanol–water partition coefficient (Wildman–Crippen LogP) is 3.28. The molecule has 3 amide bonds. The molecule has 0 fully saturated rings. The van der Waals surface area contributed by atoms with Crippen molar-refractivity contribution < 1.29 is 9.59 Å². The number of carbonyl (C=O) groups excluding carboxylic acids is 2. The van der Waals surface area contributed by atoms with Crippen LogP contribution in [-0.2, 0) is 4.79 Å². The summed E-state index contributed by atoms with van der Waals surface area (Å²) in [5.41, 5.74) is 1.74. The number of urea groups is 1. The van der Waals surface area contributed by atoms with E-state index in [-0.39, 0.29) is 6.04 Å². The van der Waals surface area contributed by atoms with Crippen LogP contribution < -0.4 is 10.6 Å². The molecule has 4 nitrogen and oxygen atoms in total. The van der Waals surface area contributed by atoms with Crippen LogP contribution in [0.4, 0.5) is 4.79 Å². The SMILES string of the molecule is CC(=O)NC(=O)NC(c1ccccc1)c1cccc(Cl)c1. The smallest absolute Gasteiger partial charge is 0.322 e. The van der Waals surface area contributed by atoms with Gasteiger partial charge in [0.25, 0.3) is 0 Å². The van der Waals surface area contributed by atoms with Crippen molar-refractivity contribution in [3.8, 4) is 0 Å². The number of halogens is 1. The van der Waals surface area contributed by atoms with Gasteiger partial charge in [0.05, 0.1) is 6.04 Å². The van der Waals surface area contributed by atoms with Crippen LogP contribution in [0.1, 0.15) is 24.1 Å². The number of imide groups is 1. The molecule has 1 atom stereocenters. The second kappa shape index (κ2) is 6.90. The van der Waals surface area contributed by atoms with Gasteiger partial charge in [-0.2, -0.15) is 0 Å². The molecule has 0 saturated carbocycles. The lowest BCUT2D eigenvalue weighted by Crippen LogP contribution is -2.40. The summed E-state index contributed by atoms with van der Waals surface area (Å²) >= 11 is 6.01. The molecule has 2 aromatic carbocycles. The first-order valence-electron chi connectivity index (χ1n) is 6.45. The van der Waals surface area contributed by atoms with Gasteiger partial charge in [-0.3, -0.25) is 10.1 Å². The van der Waals surface area contributed by atoms with Gasteiger partial charge >= 0.3 is 6.03 Å². The third-order valence-corrected chi connectivity index (χ3v) is 3.12. The molecular formula is C16H15ClN2O2. The molecule has 108 valence electrons. The van der Waals surface area contributed by atoms with Crippen LogP contribution in [0, 0.1) is 0 Å². The predicted molar refractivity (Wildman–Crippen MR) is 82.1 cm³/mol. The summed E-state index contributed by atoms with van der Waals surface area (Å²) in [4.78, 5) is 22.8. The average Bonchev–Trinajstić information content (AvgIpc) is 2.45. The summed E-state index contributed by atoms with van der Waals surface area (Å²) in [7, 11) is 0. The zero-order chi connectivity index (χ0) is 15.2. The van der Waals surface area contributed by atoms with Crippen LogP contribution in [0.5, 0.6) is 0 Å². The Hall–Kier alpha value is -2.33. The average molecular weight is 303 g/mol. The molecule has 0 aliphatic carbocycles. The first-order valence-corrected chi connectivity index (χ1v) is 6.82. The van der Waals surface area contributed by atoms with E-state index in [2.05, 4.69) is 10.6 Å². The Morgan fingerprint density at radius 3 is 2.29 bits per heavy atom. The molecule has 0 aliphatic rings. The molecule has 1 unspecified atom stereocenters. The highest BCUT2D eigenvalue weighted by molar-refractivity contribution is 6.30. The maximum atomic E-state index is 11.8. The van der Waals surface area contributed by atoms with Gasteiger partial charge in [0, 0.05) is 11.9 Å². The molecule has 0 aromatic heterocycles. The van der Waals surface area contributed by atoms with E-state index in [1.54, 1.807) is 12.1 Å². The monoisotopic (exact) mass is 302 g/mol. The Kier molecular flexibility index (Phi) is 4.95. The summed E-state index contributed by atoms with van der Waals surface area (Å²) in [6.45, 7) is 1.29. The van der Waals surface area contributed by atoms with E-state index >= 15 is 0 Å². The van der Waals surface area contributed by atoms with Crippen LogP contribution in [0.3, 0.4) is 0 Å². The molecule has 0 heterocycles. The van der Waals surface area contributed by atoms with Gasteiger partial charge in [-0.15, -0.1) is 0 Å². The zero-order valence-electron chi connectivity index (χ0n) is 11.5. The molecule has 0 spiro atoms. The normalized spacial score (nSPS) is 11.5. The molecule has 21 heavy (non-hydrogen) atoms. The second-order valence-corrected chi connectivity index (χ2v) is 4.99. The summed E-state index contributed by atoms with van der Waals surface area (Å²) in [5.74, 6) is -0.412. The number of nitrogens with one attached hydrogen (secondary N) is 2. The number of benzene rings is 2. The maximum absolute atomic E-state index is 11.8. The quantitative estimate of drug-likeness (QED) is 0.914. The van der Waals surface area contributed by atoms with E-state index in [0.29, 0.717) is 5.02 Å². The summed E-state index contributed by atoms with van der Waals surface area (Å²) in [6, 6.07) is 15.8. The van der Waals surface area contributed by atoms with E-state index in [4.69, 9.17) is 11.6 Å². The van der Waals surface area contributed by atoms with Gasteiger partial charge in [0.15, 0.2) is 0 Å². The van der Waals surface area contributed by atoms with Crippen LogP contribution in [0.15, 0.2) is 54.6 Å². The Bertz CT molecular complexity index is 644. The van der Waals surface area contributed by atoms with Crippen molar-refractivity contribution in [2.75, 3.05) is 0 Å². The molecule has 0 aliphatic heterocycles. The van der Waals surface area contributed by atoms with Gasteiger partial charge < -0.3 is 5.32 Å². The van der Waals surface area contributed by atoms with E-state index in [1.165, 1.54) is 6.92 Å². The van der Waals surface area contributed by atoms with Crippen molar-refractivity contribution in [2.24, 2.45) is 0 Å².